The van der Waals surface area contributed by atoms with Crippen LogP contribution in [-0.2, 0) is 4.84 Å². The van der Waals surface area contributed by atoms with Gasteiger partial charge in [-0.2, -0.15) is 5.10 Å². The molecule has 0 heterocycles. The first-order valence-corrected chi connectivity index (χ1v) is 8.84. The number of ketones is 1. The topological polar surface area (TPSA) is 63.1 Å². The molecule has 0 aliphatic rings. The number of nitrogens with zero attached hydrogens (tertiary/aromatic N) is 2. The second kappa shape index (κ2) is 9.28. The van der Waals surface area contributed by atoms with Crippen LogP contribution >= 0.6 is 0 Å². The van der Waals surface area contributed by atoms with Gasteiger partial charge in [0.15, 0.2) is 5.71 Å². The molecule has 0 aliphatic heterocycles. The molecule has 3 rings (SSSR count). The van der Waals surface area contributed by atoms with E-state index in [9.17, 15) is 4.79 Å². The van der Waals surface area contributed by atoms with Gasteiger partial charge in [-0.3, -0.25) is 10.2 Å². The fourth-order valence-corrected chi connectivity index (χ4v) is 2.59. The molecule has 28 heavy (non-hydrogen) atoms. The molecular formula is C23H21N3O2. The molecule has 0 bridgehead atoms. The highest BCUT2D eigenvalue weighted by Gasteiger charge is 2.13. The average Bonchev–Trinajstić information content (AvgIpc) is 2.75. The summed E-state index contributed by atoms with van der Waals surface area (Å²) in [6, 6.07) is 25.1. The van der Waals surface area contributed by atoms with Crippen molar-refractivity contribution in [2.75, 3.05) is 12.5 Å². The lowest BCUT2D eigenvalue weighted by Gasteiger charge is -2.06. The van der Waals surface area contributed by atoms with Crippen LogP contribution in [0.1, 0.15) is 15.9 Å². The quantitative estimate of drug-likeness (QED) is 0.363. The number of nitrogens with one attached hydrogen (secondary N) is 1. The predicted molar refractivity (Wildman–Crippen MR) is 114 cm³/mol. The van der Waals surface area contributed by atoms with Crippen LogP contribution in [0.5, 0.6) is 0 Å². The van der Waals surface area contributed by atoms with Gasteiger partial charge in [-0.25, -0.2) is 0 Å². The van der Waals surface area contributed by atoms with Crippen LogP contribution in [0.3, 0.4) is 0 Å². The minimum Gasteiger partial charge on any atom is -0.399 e. The Labute approximate surface area is 164 Å². The van der Waals surface area contributed by atoms with Crippen LogP contribution < -0.4 is 5.43 Å². The van der Waals surface area contributed by atoms with Gasteiger partial charge in [0.1, 0.15) is 7.11 Å². The Morgan fingerprint density at radius 1 is 0.893 bits per heavy atom. The van der Waals surface area contributed by atoms with Crippen molar-refractivity contribution in [2.24, 2.45) is 10.3 Å². The van der Waals surface area contributed by atoms with Crippen molar-refractivity contribution in [1.82, 2.24) is 0 Å². The fraction of sp³-hybridized carbons (Fsp3) is 0.0870. The van der Waals surface area contributed by atoms with Gasteiger partial charge < -0.3 is 4.84 Å². The smallest absolute Gasteiger partial charge is 0.214 e. The monoisotopic (exact) mass is 371 g/mol. The van der Waals surface area contributed by atoms with Crippen molar-refractivity contribution < 1.29 is 9.63 Å². The molecule has 5 nitrogen and oxygen atoms in total. The lowest BCUT2D eigenvalue weighted by Crippen LogP contribution is -2.18. The van der Waals surface area contributed by atoms with E-state index in [1.54, 1.807) is 12.1 Å². The zero-order valence-electron chi connectivity index (χ0n) is 15.8. The molecule has 0 fully saturated rings. The first kappa shape index (κ1) is 19.0. The molecule has 5 heteroatoms. The van der Waals surface area contributed by atoms with Crippen LogP contribution in [0.25, 0.3) is 11.1 Å². The molecule has 3 aromatic carbocycles. The SMILES string of the molecule is CO/N=C/C(=N\Nc1ccc(C)cc1)C(=O)c1ccc(-c2ccccc2)cc1. The van der Waals surface area contributed by atoms with Crippen molar-refractivity contribution in [2.45, 2.75) is 6.92 Å². The summed E-state index contributed by atoms with van der Waals surface area (Å²) in [6.45, 7) is 2.01. The number of rotatable bonds is 7. The van der Waals surface area contributed by atoms with E-state index < -0.39 is 0 Å². The molecule has 0 atom stereocenters. The number of benzene rings is 3. The maximum atomic E-state index is 12.9. The first-order chi connectivity index (χ1) is 13.7. The Morgan fingerprint density at radius 2 is 1.54 bits per heavy atom. The predicted octanol–water partition coefficient (Wildman–Crippen LogP) is 4.95. The summed E-state index contributed by atoms with van der Waals surface area (Å²) in [4.78, 5) is 17.6. The minimum atomic E-state index is -0.250. The van der Waals surface area contributed by atoms with Crippen LogP contribution in [0.4, 0.5) is 5.69 Å². The van der Waals surface area contributed by atoms with Gasteiger partial charge in [0.25, 0.3) is 0 Å². The highest BCUT2D eigenvalue weighted by Crippen LogP contribution is 2.19. The Balaban J connectivity index is 1.81. The summed E-state index contributed by atoms with van der Waals surface area (Å²) >= 11 is 0. The number of carbonyl (C=O) groups excluding carboxylic acids is 1. The molecule has 0 saturated heterocycles. The number of hydrogen-bond acceptors (Lipinski definition) is 5. The largest absolute Gasteiger partial charge is 0.399 e. The first-order valence-electron chi connectivity index (χ1n) is 8.84. The third-order valence-corrected chi connectivity index (χ3v) is 4.12. The van der Waals surface area contributed by atoms with E-state index in [1.807, 2.05) is 73.7 Å². The number of anilines is 1. The lowest BCUT2D eigenvalue weighted by atomic mass is 10.0. The second-order valence-electron chi connectivity index (χ2n) is 6.16. The van der Waals surface area contributed by atoms with E-state index in [2.05, 4.69) is 15.7 Å². The van der Waals surface area contributed by atoms with Gasteiger partial charge in [-0.15, -0.1) is 0 Å². The standard InChI is InChI=1S/C23H21N3O2/c1-17-8-14-21(15-9-17)25-26-22(16-24-28-2)23(27)20-12-10-19(11-13-20)18-6-4-3-5-7-18/h3-16,25H,1-2H3/b24-16+,26-22+. The van der Waals surface area contributed by atoms with E-state index in [1.165, 1.54) is 13.3 Å². The average molecular weight is 371 g/mol. The van der Waals surface area contributed by atoms with Crippen LogP contribution in [-0.4, -0.2) is 24.8 Å². The molecule has 0 saturated carbocycles. The Hall–Kier alpha value is -3.73. The third kappa shape index (κ3) is 4.92. The number of hydrogen-bond donors (Lipinski definition) is 1. The highest BCUT2D eigenvalue weighted by molar-refractivity contribution is 6.64. The van der Waals surface area contributed by atoms with Gasteiger partial charge in [0, 0.05) is 5.56 Å². The van der Waals surface area contributed by atoms with Gasteiger partial charge in [0.05, 0.1) is 11.9 Å². The zero-order valence-corrected chi connectivity index (χ0v) is 15.8. The van der Waals surface area contributed by atoms with Gasteiger partial charge in [-0.1, -0.05) is 77.4 Å². The fourth-order valence-electron chi connectivity index (χ4n) is 2.59. The Bertz CT molecular complexity index is 977. The van der Waals surface area contributed by atoms with Crippen molar-refractivity contribution in [3.05, 3.63) is 90.0 Å². The number of aryl methyl sites for hydroxylation is 1. The normalized spacial score (nSPS) is 11.4. The summed E-state index contributed by atoms with van der Waals surface area (Å²) in [5, 5.41) is 7.90. The molecule has 140 valence electrons. The van der Waals surface area contributed by atoms with Crippen molar-refractivity contribution >= 4 is 23.4 Å². The Kier molecular flexibility index (Phi) is 6.31. The van der Waals surface area contributed by atoms with Crippen molar-refractivity contribution in [3.8, 4) is 11.1 Å². The van der Waals surface area contributed by atoms with E-state index in [4.69, 9.17) is 4.84 Å². The molecular weight excluding hydrogens is 350 g/mol. The molecule has 3 aromatic rings. The Morgan fingerprint density at radius 3 is 2.18 bits per heavy atom. The van der Waals surface area contributed by atoms with Gasteiger partial charge >= 0.3 is 0 Å². The summed E-state index contributed by atoms with van der Waals surface area (Å²) in [7, 11) is 1.42. The number of Topliss-reactive ketones (excluding diaryl/α,β-unsaturated/α-hetero) is 1. The highest BCUT2D eigenvalue weighted by atomic mass is 16.6. The summed E-state index contributed by atoms with van der Waals surface area (Å²) in [5.74, 6) is -0.250. The molecule has 0 radical (unpaired) electrons. The number of oxime groups is 1. The molecule has 0 aliphatic carbocycles. The summed E-state index contributed by atoms with van der Waals surface area (Å²) in [6.07, 6.45) is 1.30. The van der Waals surface area contributed by atoms with Gasteiger partial charge in [0.2, 0.25) is 5.78 Å². The minimum absolute atomic E-state index is 0.148. The maximum absolute atomic E-state index is 12.9. The molecule has 1 N–H and O–H groups in total. The van der Waals surface area contributed by atoms with E-state index in [0.717, 1.165) is 22.4 Å². The van der Waals surface area contributed by atoms with Crippen LogP contribution in [0.2, 0.25) is 0 Å². The molecule has 0 spiro atoms. The number of carbonyl (C=O) groups is 1. The number of hydrazone groups is 1. The second-order valence-corrected chi connectivity index (χ2v) is 6.16. The third-order valence-electron chi connectivity index (χ3n) is 4.12. The summed E-state index contributed by atoms with van der Waals surface area (Å²) in [5.41, 5.74) is 7.62. The van der Waals surface area contributed by atoms with Crippen LogP contribution in [0.15, 0.2) is 89.1 Å². The van der Waals surface area contributed by atoms with Crippen molar-refractivity contribution in [3.63, 3.8) is 0 Å². The molecule has 0 unspecified atom stereocenters. The molecule has 0 aromatic heterocycles. The van der Waals surface area contributed by atoms with E-state index in [0.29, 0.717) is 5.56 Å². The van der Waals surface area contributed by atoms with E-state index >= 15 is 0 Å². The van der Waals surface area contributed by atoms with Crippen LogP contribution in [0, 0.1) is 6.92 Å². The van der Waals surface area contributed by atoms with Crippen molar-refractivity contribution in [1.29, 1.82) is 0 Å². The lowest BCUT2D eigenvalue weighted by molar-refractivity contribution is 0.106. The van der Waals surface area contributed by atoms with E-state index in [-0.39, 0.29) is 11.5 Å². The molecule has 0 amide bonds. The zero-order chi connectivity index (χ0) is 19.8. The maximum Gasteiger partial charge on any atom is 0.214 e. The van der Waals surface area contributed by atoms with Gasteiger partial charge in [-0.05, 0) is 30.2 Å². The summed E-state index contributed by atoms with van der Waals surface area (Å²) < 4.78 is 0.